The number of para-hydroxylation sites is 1. The van der Waals surface area contributed by atoms with Gasteiger partial charge in [-0.2, -0.15) is 0 Å². The third-order valence-corrected chi connectivity index (χ3v) is 5.49. The topological polar surface area (TPSA) is 57.5 Å². The summed E-state index contributed by atoms with van der Waals surface area (Å²) in [4.78, 5) is 24.5. The molecular formula is C24H19NO4. The molecule has 1 aromatic heterocycles. The molecule has 0 spiro atoms. The third-order valence-electron chi connectivity index (χ3n) is 5.49. The summed E-state index contributed by atoms with van der Waals surface area (Å²) in [6.07, 6.45) is 0. The SMILES string of the molecule is CCn1c2ccccc2c2cc(C3(OC(C)=O)OC(=O)c4ccccc43)ccc21. The van der Waals surface area contributed by atoms with Crippen LogP contribution in [0.15, 0.2) is 66.7 Å². The quantitative estimate of drug-likeness (QED) is 0.478. The van der Waals surface area contributed by atoms with Crippen LogP contribution in [0, 0.1) is 0 Å². The van der Waals surface area contributed by atoms with E-state index in [1.54, 1.807) is 24.3 Å². The van der Waals surface area contributed by atoms with Crippen molar-refractivity contribution in [1.82, 2.24) is 4.57 Å². The van der Waals surface area contributed by atoms with Gasteiger partial charge >= 0.3 is 17.7 Å². The lowest BCUT2D eigenvalue weighted by molar-refractivity contribution is -0.191. The molecule has 0 fully saturated rings. The van der Waals surface area contributed by atoms with Crippen LogP contribution in [0.3, 0.4) is 0 Å². The second-order valence-corrected chi connectivity index (χ2v) is 7.14. The number of rotatable bonds is 3. The molecule has 0 amide bonds. The minimum atomic E-state index is -1.58. The number of hydrogen-bond donors (Lipinski definition) is 0. The Morgan fingerprint density at radius 3 is 2.52 bits per heavy atom. The largest absolute Gasteiger partial charge is 0.414 e. The van der Waals surface area contributed by atoms with Crippen molar-refractivity contribution in [1.29, 1.82) is 0 Å². The van der Waals surface area contributed by atoms with Crippen LogP contribution in [0.4, 0.5) is 0 Å². The summed E-state index contributed by atoms with van der Waals surface area (Å²) in [6.45, 7) is 4.25. The highest BCUT2D eigenvalue weighted by atomic mass is 16.7. The zero-order valence-corrected chi connectivity index (χ0v) is 16.1. The van der Waals surface area contributed by atoms with Gasteiger partial charge in [-0.1, -0.05) is 30.3 Å². The molecule has 3 aromatic carbocycles. The smallest absolute Gasteiger partial charge is 0.342 e. The van der Waals surface area contributed by atoms with Gasteiger partial charge in [-0.25, -0.2) is 4.79 Å². The fourth-order valence-corrected chi connectivity index (χ4v) is 4.34. The molecule has 0 saturated carbocycles. The standard InChI is InChI=1S/C24H19NO4/c1-3-25-21-11-7-5-8-17(21)19-14-16(12-13-22(19)25)24(28-15(2)26)20-10-6-4-9-18(20)23(27)29-24/h4-14H,3H2,1-2H3. The summed E-state index contributed by atoms with van der Waals surface area (Å²) in [5, 5.41) is 2.12. The third kappa shape index (κ3) is 2.40. The van der Waals surface area contributed by atoms with Gasteiger partial charge in [0.1, 0.15) is 0 Å². The number of fused-ring (bicyclic) bond motifs is 4. The highest BCUT2D eigenvalue weighted by molar-refractivity contribution is 6.08. The highest BCUT2D eigenvalue weighted by Crippen LogP contribution is 2.44. The molecule has 29 heavy (non-hydrogen) atoms. The molecule has 5 rings (SSSR count). The van der Waals surface area contributed by atoms with Crippen LogP contribution in [0.1, 0.15) is 35.3 Å². The maximum atomic E-state index is 12.5. The fourth-order valence-electron chi connectivity index (χ4n) is 4.34. The van der Waals surface area contributed by atoms with Gasteiger partial charge in [-0.15, -0.1) is 0 Å². The maximum absolute atomic E-state index is 12.5. The zero-order valence-electron chi connectivity index (χ0n) is 16.1. The molecule has 0 aliphatic carbocycles. The predicted molar refractivity (Wildman–Crippen MR) is 110 cm³/mol. The first kappa shape index (κ1) is 17.5. The van der Waals surface area contributed by atoms with Crippen LogP contribution in [0.2, 0.25) is 0 Å². The van der Waals surface area contributed by atoms with Crippen molar-refractivity contribution >= 4 is 33.7 Å². The average molecular weight is 385 g/mol. The van der Waals surface area contributed by atoms with Gasteiger partial charge in [-0.05, 0) is 43.3 Å². The van der Waals surface area contributed by atoms with Crippen LogP contribution >= 0.6 is 0 Å². The molecule has 0 N–H and O–H groups in total. The van der Waals surface area contributed by atoms with Gasteiger partial charge in [0.25, 0.3) is 0 Å². The molecule has 1 unspecified atom stereocenters. The number of ether oxygens (including phenoxy) is 2. The van der Waals surface area contributed by atoms with E-state index in [0.717, 1.165) is 28.4 Å². The summed E-state index contributed by atoms with van der Waals surface area (Å²) in [6, 6.07) is 21.0. The first-order valence-electron chi connectivity index (χ1n) is 9.59. The minimum absolute atomic E-state index is 0.407. The number of carbonyl (C=O) groups is 2. The lowest BCUT2D eigenvalue weighted by Crippen LogP contribution is -2.33. The van der Waals surface area contributed by atoms with Crippen LogP contribution in [0.25, 0.3) is 21.8 Å². The van der Waals surface area contributed by atoms with E-state index in [1.165, 1.54) is 6.92 Å². The number of hydrogen-bond acceptors (Lipinski definition) is 4. The number of cyclic esters (lactones) is 1. The second-order valence-electron chi connectivity index (χ2n) is 7.14. The average Bonchev–Trinajstić information content (AvgIpc) is 3.20. The van der Waals surface area contributed by atoms with Crippen molar-refractivity contribution in [2.45, 2.75) is 26.2 Å². The van der Waals surface area contributed by atoms with Crippen molar-refractivity contribution in [2.24, 2.45) is 0 Å². The molecular weight excluding hydrogens is 366 g/mol. The molecule has 1 aliphatic rings. The van der Waals surface area contributed by atoms with Crippen molar-refractivity contribution in [3.8, 4) is 0 Å². The molecule has 1 atom stereocenters. The minimum Gasteiger partial charge on any atom is -0.414 e. The van der Waals surface area contributed by atoms with Crippen LogP contribution in [0.5, 0.6) is 0 Å². The molecule has 5 nitrogen and oxygen atoms in total. The summed E-state index contributed by atoms with van der Waals surface area (Å²) in [5.74, 6) is -2.60. The van der Waals surface area contributed by atoms with E-state index in [0.29, 0.717) is 16.7 Å². The highest BCUT2D eigenvalue weighted by Gasteiger charge is 2.50. The number of carbonyl (C=O) groups excluding carboxylic acids is 2. The van der Waals surface area contributed by atoms with E-state index < -0.39 is 17.7 Å². The molecule has 4 aromatic rings. The molecule has 5 heteroatoms. The Bertz CT molecular complexity index is 1300. The Morgan fingerprint density at radius 1 is 1.00 bits per heavy atom. The molecule has 0 bridgehead atoms. The number of benzene rings is 3. The van der Waals surface area contributed by atoms with E-state index in [1.807, 2.05) is 30.3 Å². The Labute approximate surface area is 167 Å². The number of esters is 2. The summed E-state index contributed by atoms with van der Waals surface area (Å²) in [7, 11) is 0. The molecule has 144 valence electrons. The van der Waals surface area contributed by atoms with Gasteiger partial charge in [-0.3, -0.25) is 4.79 Å². The van der Waals surface area contributed by atoms with E-state index in [4.69, 9.17) is 9.47 Å². The Kier molecular flexibility index (Phi) is 3.74. The van der Waals surface area contributed by atoms with Gasteiger partial charge in [0.05, 0.1) is 11.1 Å². The van der Waals surface area contributed by atoms with Gasteiger partial charge in [0.15, 0.2) is 0 Å². The van der Waals surface area contributed by atoms with Crippen molar-refractivity contribution in [2.75, 3.05) is 0 Å². The zero-order chi connectivity index (χ0) is 20.2. The molecule has 2 heterocycles. The summed E-state index contributed by atoms with van der Waals surface area (Å²) in [5.41, 5.74) is 3.77. The molecule has 0 radical (unpaired) electrons. The van der Waals surface area contributed by atoms with E-state index in [-0.39, 0.29) is 0 Å². The summed E-state index contributed by atoms with van der Waals surface area (Å²) < 4.78 is 13.6. The number of nitrogens with zero attached hydrogens (tertiary/aromatic N) is 1. The van der Waals surface area contributed by atoms with Crippen LogP contribution in [-0.4, -0.2) is 16.5 Å². The van der Waals surface area contributed by atoms with Gasteiger partial charge in [0, 0.05) is 40.8 Å². The first-order valence-corrected chi connectivity index (χ1v) is 9.59. The number of aryl methyl sites for hydroxylation is 1. The van der Waals surface area contributed by atoms with E-state index in [9.17, 15) is 9.59 Å². The Hall–Kier alpha value is -3.60. The summed E-state index contributed by atoms with van der Waals surface area (Å²) >= 11 is 0. The lowest BCUT2D eigenvalue weighted by atomic mass is 9.94. The Balaban J connectivity index is 1.82. The Morgan fingerprint density at radius 2 is 1.72 bits per heavy atom. The first-order chi connectivity index (χ1) is 14.0. The van der Waals surface area contributed by atoms with Crippen molar-refractivity contribution < 1.29 is 19.1 Å². The van der Waals surface area contributed by atoms with Crippen LogP contribution < -0.4 is 0 Å². The number of aromatic nitrogens is 1. The lowest BCUT2D eigenvalue weighted by Gasteiger charge is -2.28. The van der Waals surface area contributed by atoms with Crippen molar-refractivity contribution in [3.05, 3.63) is 83.4 Å². The van der Waals surface area contributed by atoms with E-state index >= 15 is 0 Å². The van der Waals surface area contributed by atoms with Crippen LogP contribution in [-0.2, 0) is 26.6 Å². The van der Waals surface area contributed by atoms with Gasteiger partial charge in [0.2, 0.25) is 0 Å². The normalized spacial score (nSPS) is 18.1. The maximum Gasteiger partial charge on any atom is 0.342 e. The monoisotopic (exact) mass is 385 g/mol. The molecule has 1 aliphatic heterocycles. The van der Waals surface area contributed by atoms with Gasteiger partial charge < -0.3 is 14.0 Å². The fraction of sp³-hybridized carbons (Fsp3) is 0.167. The predicted octanol–water partition coefficient (Wildman–Crippen LogP) is 4.75. The van der Waals surface area contributed by atoms with Crippen molar-refractivity contribution in [3.63, 3.8) is 0 Å². The molecule has 0 saturated heterocycles. The van der Waals surface area contributed by atoms with E-state index in [2.05, 4.69) is 23.6 Å². The second kappa shape index (κ2) is 6.21.